The van der Waals surface area contributed by atoms with Crippen molar-refractivity contribution in [1.82, 2.24) is 5.32 Å². The van der Waals surface area contributed by atoms with Crippen LogP contribution in [0, 0.1) is 0 Å². The average Bonchev–Trinajstić information content (AvgIpc) is 3.28. The molecule has 360 valence electrons. The number of unbranched alkanes of at least 4 members (excludes halogenated alkanes) is 16. The summed E-state index contributed by atoms with van der Waals surface area (Å²) in [5, 5.41) is 54.2. The van der Waals surface area contributed by atoms with E-state index in [1.807, 2.05) is 18.2 Å². The minimum absolute atomic E-state index is 0.208. The van der Waals surface area contributed by atoms with Crippen LogP contribution < -0.4 is 5.32 Å². The summed E-state index contributed by atoms with van der Waals surface area (Å²) in [6.45, 7) is 3.59. The van der Waals surface area contributed by atoms with E-state index in [-0.39, 0.29) is 18.9 Å². The van der Waals surface area contributed by atoms with E-state index in [0.29, 0.717) is 6.42 Å². The minimum Gasteiger partial charge on any atom is -0.394 e. The van der Waals surface area contributed by atoms with E-state index in [9.17, 15) is 30.3 Å². The highest BCUT2D eigenvalue weighted by atomic mass is 16.7. The highest BCUT2D eigenvalue weighted by Gasteiger charge is 2.44. The number of aliphatic hydroxyl groups is 5. The lowest BCUT2D eigenvalue weighted by Gasteiger charge is -2.40. The molecule has 7 atom stereocenters. The second-order valence-corrected chi connectivity index (χ2v) is 16.9. The van der Waals surface area contributed by atoms with Crippen LogP contribution in [-0.2, 0) is 14.3 Å². The number of ether oxygens (including phenoxy) is 2. The van der Waals surface area contributed by atoms with Crippen molar-refractivity contribution >= 4 is 5.91 Å². The minimum atomic E-state index is -1.59. The van der Waals surface area contributed by atoms with E-state index >= 15 is 0 Å². The Kier molecular flexibility index (Phi) is 39.7. The van der Waals surface area contributed by atoms with Crippen LogP contribution >= 0.6 is 0 Å². The molecule has 1 rings (SSSR count). The molecule has 1 heterocycles. The van der Waals surface area contributed by atoms with E-state index in [1.165, 1.54) is 96.3 Å². The number of hydrogen-bond acceptors (Lipinski definition) is 8. The first-order valence-electron chi connectivity index (χ1n) is 25.0. The third kappa shape index (κ3) is 33.3. The first-order valence-corrected chi connectivity index (χ1v) is 25.0. The molecule has 0 bridgehead atoms. The number of aliphatic hydroxyl groups excluding tert-OH is 5. The summed E-state index contributed by atoms with van der Waals surface area (Å²) in [7, 11) is 0. The van der Waals surface area contributed by atoms with Crippen LogP contribution in [0.1, 0.15) is 181 Å². The first kappa shape index (κ1) is 58.1. The van der Waals surface area contributed by atoms with Crippen molar-refractivity contribution in [1.29, 1.82) is 0 Å². The molecule has 9 heteroatoms. The van der Waals surface area contributed by atoms with Gasteiger partial charge in [-0.2, -0.15) is 0 Å². The number of carbonyl (C=O) groups excluding carboxylic acids is 1. The fourth-order valence-corrected chi connectivity index (χ4v) is 7.19. The van der Waals surface area contributed by atoms with Crippen LogP contribution in [0.5, 0.6) is 0 Å². The Morgan fingerprint density at radius 1 is 0.556 bits per heavy atom. The molecule has 0 saturated carbocycles. The molecule has 0 aromatic rings. The zero-order valence-electron chi connectivity index (χ0n) is 39.5. The molecule has 1 fully saturated rings. The van der Waals surface area contributed by atoms with Crippen molar-refractivity contribution in [2.45, 2.75) is 224 Å². The van der Waals surface area contributed by atoms with Gasteiger partial charge in [0.25, 0.3) is 0 Å². The lowest BCUT2D eigenvalue weighted by Crippen LogP contribution is -2.60. The third-order valence-corrected chi connectivity index (χ3v) is 11.2. The molecular weight excluding hydrogens is 791 g/mol. The van der Waals surface area contributed by atoms with Crippen molar-refractivity contribution in [3.05, 3.63) is 97.2 Å². The van der Waals surface area contributed by atoms with Gasteiger partial charge in [-0.15, -0.1) is 0 Å². The van der Waals surface area contributed by atoms with Gasteiger partial charge in [-0.1, -0.05) is 201 Å². The van der Waals surface area contributed by atoms with Crippen molar-refractivity contribution < 1.29 is 39.8 Å². The Morgan fingerprint density at radius 3 is 1.51 bits per heavy atom. The summed E-state index contributed by atoms with van der Waals surface area (Å²) < 4.78 is 11.2. The van der Waals surface area contributed by atoms with Gasteiger partial charge in [0.05, 0.1) is 25.4 Å². The van der Waals surface area contributed by atoms with Gasteiger partial charge in [0.2, 0.25) is 5.91 Å². The van der Waals surface area contributed by atoms with Gasteiger partial charge in [0, 0.05) is 6.42 Å². The van der Waals surface area contributed by atoms with Crippen molar-refractivity contribution in [2.75, 3.05) is 13.2 Å². The van der Waals surface area contributed by atoms with Crippen LogP contribution in [0.2, 0.25) is 0 Å². The second-order valence-electron chi connectivity index (χ2n) is 16.9. The molecule has 0 aliphatic carbocycles. The smallest absolute Gasteiger partial charge is 0.220 e. The van der Waals surface area contributed by atoms with Gasteiger partial charge in [0.15, 0.2) is 6.29 Å². The van der Waals surface area contributed by atoms with E-state index in [4.69, 9.17) is 9.47 Å². The van der Waals surface area contributed by atoms with Crippen molar-refractivity contribution in [2.24, 2.45) is 0 Å². The molecule has 7 unspecified atom stereocenters. The van der Waals surface area contributed by atoms with Crippen LogP contribution in [0.15, 0.2) is 97.2 Å². The molecule has 1 aliphatic heterocycles. The number of rotatable bonds is 40. The van der Waals surface area contributed by atoms with E-state index in [1.54, 1.807) is 6.08 Å². The lowest BCUT2D eigenvalue weighted by atomic mass is 9.99. The number of nitrogens with one attached hydrogen (secondary N) is 1. The maximum Gasteiger partial charge on any atom is 0.220 e. The number of carbonyl (C=O) groups is 1. The predicted octanol–water partition coefficient (Wildman–Crippen LogP) is 11.3. The van der Waals surface area contributed by atoms with Gasteiger partial charge in [0.1, 0.15) is 24.4 Å². The first-order chi connectivity index (χ1) is 30.8. The summed E-state index contributed by atoms with van der Waals surface area (Å²) in [6.07, 6.45) is 54.7. The molecule has 0 spiro atoms. The Balaban J connectivity index is 2.41. The molecule has 0 radical (unpaired) electrons. The van der Waals surface area contributed by atoms with Crippen LogP contribution in [0.25, 0.3) is 0 Å². The SMILES string of the molecule is CC/C=C\C/C=C\C/C=C\C/C=C\C/C=C\C/C=C\CCC(=O)NC(COC1OC(CO)C(O)C(O)C1O)C(O)/C=C/CC/C=C/CCCCCCCCCCCCCCCCC. The summed E-state index contributed by atoms with van der Waals surface area (Å²) in [5.74, 6) is -0.272. The lowest BCUT2D eigenvalue weighted by molar-refractivity contribution is -0.302. The number of allylic oxidation sites excluding steroid dienone is 15. The standard InChI is InChI=1S/C54H91NO8/c1-3-5-7-9-11-13-15-17-19-21-23-24-26-27-29-31-33-35-37-39-41-43-48(57)47(46-62-54-53(61)52(60)51(59)49(45-56)63-54)55-50(58)44-42-40-38-36-34-32-30-28-25-22-20-18-16-14-12-10-8-6-4-2/h6,8,12,14,18,20,25,28,32-35,38,40-41,43,47-49,51-54,56-57,59-61H,3-5,7,9-11,13,15-17,19,21-24,26-27,29-31,36-37,39,42,44-46H2,1-2H3,(H,55,58)/b8-6-,14-12-,20-18-,28-25-,34-32-,35-33+,40-38-,43-41+. The van der Waals surface area contributed by atoms with Crippen molar-refractivity contribution in [3.63, 3.8) is 0 Å². The maximum atomic E-state index is 13.0. The molecule has 0 aromatic heterocycles. The normalized spacial score (nSPS) is 21.0. The van der Waals surface area contributed by atoms with E-state index in [2.05, 4.69) is 92.1 Å². The Morgan fingerprint density at radius 2 is 1.00 bits per heavy atom. The van der Waals surface area contributed by atoms with Gasteiger partial charge >= 0.3 is 0 Å². The van der Waals surface area contributed by atoms with Crippen LogP contribution in [-0.4, -0.2) is 87.5 Å². The Hall–Kier alpha value is -2.89. The van der Waals surface area contributed by atoms with Crippen LogP contribution in [0.4, 0.5) is 0 Å². The zero-order valence-corrected chi connectivity index (χ0v) is 39.5. The third-order valence-electron chi connectivity index (χ3n) is 11.2. The van der Waals surface area contributed by atoms with Gasteiger partial charge in [-0.25, -0.2) is 0 Å². The highest BCUT2D eigenvalue weighted by molar-refractivity contribution is 5.76. The number of amides is 1. The zero-order chi connectivity index (χ0) is 45.9. The summed E-state index contributed by atoms with van der Waals surface area (Å²) in [5.41, 5.74) is 0. The Bertz CT molecular complexity index is 1300. The second kappa shape index (κ2) is 43.0. The molecule has 63 heavy (non-hydrogen) atoms. The molecule has 0 aromatic carbocycles. The van der Waals surface area contributed by atoms with Crippen LogP contribution in [0.3, 0.4) is 0 Å². The molecular formula is C54H91NO8. The van der Waals surface area contributed by atoms with E-state index < -0.39 is 49.5 Å². The fourth-order valence-electron chi connectivity index (χ4n) is 7.19. The largest absolute Gasteiger partial charge is 0.394 e. The van der Waals surface area contributed by atoms with Gasteiger partial charge in [-0.3, -0.25) is 4.79 Å². The summed E-state index contributed by atoms with van der Waals surface area (Å²) in [6, 6.07) is -0.868. The molecule has 6 N–H and O–H groups in total. The molecule has 9 nitrogen and oxygen atoms in total. The molecule has 1 saturated heterocycles. The monoisotopic (exact) mass is 882 g/mol. The topological polar surface area (TPSA) is 149 Å². The fraction of sp³-hybridized carbons (Fsp3) is 0.685. The van der Waals surface area contributed by atoms with Gasteiger partial charge in [-0.05, 0) is 70.6 Å². The molecule has 1 aliphatic rings. The summed E-state index contributed by atoms with van der Waals surface area (Å²) >= 11 is 0. The quantitative estimate of drug-likeness (QED) is 0.0263. The molecule has 1 amide bonds. The maximum absolute atomic E-state index is 13.0. The van der Waals surface area contributed by atoms with Crippen molar-refractivity contribution in [3.8, 4) is 0 Å². The highest BCUT2D eigenvalue weighted by Crippen LogP contribution is 2.22. The van der Waals surface area contributed by atoms with E-state index in [0.717, 1.165) is 57.8 Å². The Labute approximate surface area is 383 Å². The summed E-state index contributed by atoms with van der Waals surface area (Å²) in [4.78, 5) is 13.0. The average molecular weight is 882 g/mol. The predicted molar refractivity (Wildman–Crippen MR) is 262 cm³/mol. The van der Waals surface area contributed by atoms with Gasteiger partial charge < -0.3 is 40.3 Å². The number of hydrogen-bond donors (Lipinski definition) is 6.